The van der Waals surface area contributed by atoms with Gasteiger partial charge in [-0.3, -0.25) is 4.79 Å². The number of ether oxygens (including phenoxy) is 2. The van der Waals surface area contributed by atoms with Crippen LogP contribution in [0, 0.1) is 0 Å². The molecule has 1 aliphatic rings. The monoisotopic (exact) mass is 440 g/mol. The quantitative estimate of drug-likeness (QED) is 0.389. The maximum Gasteiger partial charge on any atom is 0.231 e. The Kier molecular flexibility index (Phi) is 6.03. The SMILES string of the molecule is CCc1cccc2c([C@H](CC(=O)NCCc3ccccc3)c3cccc4c3OCO4)c[nH]c12. The van der Waals surface area contributed by atoms with Crippen molar-refractivity contribution in [2.75, 3.05) is 13.3 Å². The van der Waals surface area contributed by atoms with Gasteiger partial charge in [-0.2, -0.15) is 0 Å². The molecule has 0 aliphatic carbocycles. The first-order valence-electron chi connectivity index (χ1n) is 11.5. The van der Waals surface area contributed by atoms with E-state index in [1.165, 1.54) is 11.1 Å². The molecule has 0 fully saturated rings. The molecule has 5 nitrogen and oxygen atoms in total. The summed E-state index contributed by atoms with van der Waals surface area (Å²) < 4.78 is 11.4. The average Bonchev–Trinajstić information content (AvgIpc) is 3.50. The van der Waals surface area contributed by atoms with Crippen LogP contribution in [0.1, 0.15) is 41.5 Å². The molecular weight excluding hydrogens is 412 g/mol. The molecule has 0 radical (unpaired) electrons. The Labute approximate surface area is 193 Å². The summed E-state index contributed by atoms with van der Waals surface area (Å²) in [7, 11) is 0. The zero-order chi connectivity index (χ0) is 22.6. The summed E-state index contributed by atoms with van der Waals surface area (Å²) >= 11 is 0. The van der Waals surface area contributed by atoms with E-state index in [1.54, 1.807) is 0 Å². The Morgan fingerprint density at radius 1 is 1.00 bits per heavy atom. The summed E-state index contributed by atoms with van der Waals surface area (Å²) in [6, 6.07) is 22.5. The fourth-order valence-corrected chi connectivity index (χ4v) is 4.68. The summed E-state index contributed by atoms with van der Waals surface area (Å²) in [5.74, 6) is 1.34. The number of para-hydroxylation sites is 2. The van der Waals surface area contributed by atoms with Gasteiger partial charge in [0.2, 0.25) is 12.7 Å². The summed E-state index contributed by atoms with van der Waals surface area (Å²) in [6.45, 7) is 2.97. The van der Waals surface area contributed by atoms with Crippen LogP contribution in [0.5, 0.6) is 11.5 Å². The molecule has 2 heterocycles. The van der Waals surface area contributed by atoms with Gasteiger partial charge < -0.3 is 19.8 Å². The highest BCUT2D eigenvalue weighted by atomic mass is 16.7. The molecular formula is C28H28N2O3. The lowest BCUT2D eigenvalue weighted by atomic mass is 9.86. The van der Waals surface area contributed by atoms with Crippen molar-refractivity contribution in [2.24, 2.45) is 0 Å². The van der Waals surface area contributed by atoms with Gasteiger partial charge in [-0.15, -0.1) is 0 Å². The van der Waals surface area contributed by atoms with Crippen LogP contribution in [0.3, 0.4) is 0 Å². The summed E-state index contributed by atoms with van der Waals surface area (Å²) in [6.07, 6.45) is 4.13. The van der Waals surface area contributed by atoms with Gasteiger partial charge >= 0.3 is 0 Å². The number of fused-ring (bicyclic) bond motifs is 2. The van der Waals surface area contributed by atoms with Gasteiger partial charge in [-0.1, -0.05) is 67.6 Å². The molecule has 0 unspecified atom stereocenters. The van der Waals surface area contributed by atoms with Gasteiger partial charge in [0.05, 0.1) is 0 Å². The predicted molar refractivity (Wildman–Crippen MR) is 130 cm³/mol. The molecule has 1 atom stereocenters. The van der Waals surface area contributed by atoms with Crippen molar-refractivity contribution in [3.63, 3.8) is 0 Å². The molecule has 3 aromatic carbocycles. The molecule has 1 aromatic heterocycles. The van der Waals surface area contributed by atoms with E-state index in [0.717, 1.165) is 46.4 Å². The molecule has 0 saturated carbocycles. The highest BCUT2D eigenvalue weighted by Crippen LogP contribution is 2.44. The third-order valence-electron chi connectivity index (χ3n) is 6.36. The van der Waals surface area contributed by atoms with Gasteiger partial charge in [-0.25, -0.2) is 0 Å². The number of hydrogen-bond donors (Lipinski definition) is 2. The Balaban J connectivity index is 1.44. The third-order valence-corrected chi connectivity index (χ3v) is 6.36. The number of hydrogen-bond acceptors (Lipinski definition) is 3. The fourth-order valence-electron chi connectivity index (χ4n) is 4.68. The topological polar surface area (TPSA) is 63.4 Å². The van der Waals surface area contributed by atoms with Crippen LogP contribution in [-0.4, -0.2) is 24.2 Å². The second-order valence-corrected chi connectivity index (χ2v) is 8.36. The molecule has 2 N–H and O–H groups in total. The molecule has 33 heavy (non-hydrogen) atoms. The number of aryl methyl sites for hydroxylation is 1. The van der Waals surface area contributed by atoms with Crippen molar-refractivity contribution in [3.8, 4) is 11.5 Å². The van der Waals surface area contributed by atoms with Crippen LogP contribution in [0.25, 0.3) is 10.9 Å². The van der Waals surface area contributed by atoms with E-state index in [-0.39, 0.29) is 18.6 Å². The zero-order valence-corrected chi connectivity index (χ0v) is 18.8. The van der Waals surface area contributed by atoms with E-state index in [9.17, 15) is 4.79 Å². The second-order valence-electron chi connectivity index (χ2n) is 8.36. The summed E-state index contributed by atoms with van der Waals surface area (Å²) in [5.41, 5.74) is 5.69. The average molecular weight is 441 g/mol. The lowest BCUT2D eigenvalue weighted by molar-refractivity contribution is -0.121. The minimum absolute atomic E-state index is 0.0217. The van der Waals surface area contributed by atoms with Crippen molar-refractivity contribution in [1.82, 2.24) is 10.3 Å². The Morgan fingerprint density at radius 2 is 1.85 bits per heavy atom. The Hall–Kier alpha value is -3.73. The highest BCUT2D eigenvalue weighted by molar-refractivity contribution is 5.88. The van der Waals surface area contributed by atoms with Gasteiger partial charge in [0.1, 0.15) is 0 Å². The van der Waals surface area contributed by atoms with Crippen LogP contribution in [0.15, 0.2) is 72.9 Å². The number of H-pyrrole nitrogens is 1. The number of carbonyl (C=O) groups excluding carboxylic acids is 1. The summed E-state index contributed by atoms with van der Waals surface area (Å²) in [5, 5.41) is 4.26. The van der Waals surface area contributed by atoms with Crippen LogP contribution in [-0.2, 0) is 17.6 Å². The molecule has 5 heteroatoms. The number of benzene rings is 3. The first kappa shape index (κ1) is 21.1. The van der Waals surface area contributed by atoms with Crippen LogP contribution in [0.4, 0.5) is 0 Å². The predicted octanol–water partition coefficient (Wildman–Crippen LogP) is 5.34. The van der Waals surface area contributed by atoms with Crippen molar-refractivity contribution in [3.05, 3.63) is 95.2 Å². The molecule has 0 bridgehead atoms. The van der Waals surface area contributed by atoms with Gasteiger partial charge in [0.15, 0.2) is 11.5 Å². The molecule has 1 aliphatic heterocycles. The van der Waals surface area contributed by atoms with E-state index in [4.69, 9.17) is 9.47 Å². The first-order valence-corrected chi connectivity index (χ1v) is 11.5. The number of nitrogens with one attached hydrogen (secondary N) is 2. The molecule has 168 valence electrons. The fraction of sp³-hybridized carbons (Fsp3) is 0.250. The van der Waals surface area contributed by atoms with Crippen LogP contribution < -0.4 is 14.8 Å². The number of rotatable bonds is 8. The van der Waals surface area contributed by atoms with E-state index in [0.29, 0.717) is 13.0 Å². The number of carbonyl (C=O) groups is 1. The Bertz CT molecular complexity index is 1260. The molecule has 0 spiro atoms. The molecule has 0 saturated heterocycles. The summed E-state index contributed by atoms with van der Waals surface area (Å²) in [4.78, 5) is 16.5. The van der Waals surface area contributed by atoms with E-state index >= 15 is 0 Å². The third kappa shape index (κ3) is 4.31. The van der Waals surface area contributed by atoms with Gasteiger partial charge in [0, 0.05) is 41.5 Å². The van der Waals surface area contributed by atoms with E-state index in [1.807, 2.05) is 42.6 Å². The van der Waals surface area contributed by atoms with Crippen molar-refractivity contribution in [1.29, 1.82) is 0 Å². The van der Waals surface area contributed by atoms with Gasteiger partial charge in [0.25, 0.3) is 0 Å². The van der Waals surface area contributed by atoms with Crippen LogP contribution >= 0.6 is 0 Å². The van der Waals surface area contributed by atoms with E-state index in [2.05, 4.69) is 47.6 Å². The first-order chi connectivity index (χ1) is 16.2. The van der Waals surface area contributed by atoms with Crippen molar-refractivity contribution in [2.45, 2.75) is 32.1 Å². The zero-order valence-electron chi connectivity index (χ0n) is 18.8. The minimum atomic E-state index is -0.153. The van der Waals surface area contributed by atoms with Crippen molar-refractivity contribution >= 4 is 16.8 Å². The lowest BCUT2D eigenvalue weighted by Crippen LogP contribution is -2.27. The number of aromatic nitrogens is 1. The van der Waals surface area contributed by atoms with E-state index < -0.39 is 0 Å². The largest absolute Gasteiger partial charge is 0.454 e. The lowest BCUT2D eigenvalue weighted by Gasteiger charge is -2.19. The van der Waals surface area contributed by atoms with Gasteiger partial charge in [-0.05, 0) is 35.6 Å². The minimum Gasteiger partial charge on any atom is -0.454 e. The normalized spacial score (nSPS) is 13.2. The molecule has 4 aromatic rings. The molecule has 5 rings (SSSR count). The van der Waals surface area contributed by atoms with Crippen LogP contribution in [0.2, 0.25) is 0 Å². The smallest absolute Gasteiger partial charge is 0.231 e. The maximum atomic E-state index is 13.1. The Morgan fingerprint density at radius 3 is 2.70 bits per heavy atom. The van der Waals surface area contributed by atoms with Crippen molar-refractivity contribution < 1.29 is 14.3 Å². The standard InChI is InChI=1S/C28H28N2O3/c1-2-20-10-6-11-21-24(17-30-27(20)21)23(22-12-7-13-25-28(22)33-18-32-25)16-26(31)29-15-14-19-8-4-3-5-9-19/h3-13,17,23,30H,2,14-16,18H2,1H3,(H,29,31)/t23-/m1/s1. The maximum absolute atomic E-state index is 13.1. The molecule has 1 amide bonds. The second kappa shape index (κ2) is 9.41. The highest BCUT2D eigenvalue weighted by Gasteiger charge is 2.28. The number of amides is 1. The number of aromatic amines is 1.